The molecule has 4 nitrogen and oxygen atoms in total. The molecule has 2 rings (SSSR count). The van der Waals surface area contributed by atoms with Crippen molar-refractivity contribution >= 4 is 0 Å². The van der Waals surface area contributed by atoms with Gasteiger partial charge < -0.3 is 15.6 Å². The molecule has 0 aromatic heterocycles. The van der Waals surface area contributed by atoms with Crippen LogP contribution in [0, 0.1) is 11.3 Å². The van der Waals surface area contributed by atoms with Crippen molar-refractivity contribution in [1.82, 2.24) is 0 Å². The van der Waals surface area contributed by atoms with Gasteiger partial charge in [0.25, 0.3) is 0 Å². The number of hydrogen-bond acceptors (Lipinski definition) is 4. The number of rotatable bonds is 2. The van der Waals surface area contributed by atoms with E-state index >= 15 is 0 Å². The SMILES string of the molecule is COc1cc(C#N)cc(C2(N)CCC2)c1O. The van der Waals surface area contributed by atoms with Gasteiger partial charge in [0, 0.05) is 17.2 Å². The molecule has 1 fully saturated rings. The minimum Gasteiger partial charge on any atom is -0.504 e. The number of benzene rings is 1. The molecule has 1 aliphatic rings. The van der Waals surface area contributed by atoms with Gasteiger partial charge in [-0.2, -0.15) is 5.26 Å². The fourth-order valence-electron chi connectivity index (χ4n) is 2.03. The monoisotopic (exact) mass is 218 g/mol. The molecule has 84 valence electrons. The van der Waals surface area contributed by atoms with Gasteiger partial charge in [0.2, 0.25) is 0 Å². The minimum atomic E-state index is -0.496. The summed E-state index contributed by atoms with van der Waals surface area (Å²) in [6.07, 6.45) is 2.71. The van der Waals surface area contributed by atoms with Crippen LogP contribution in [0.1, 0.15) is 30.4 Å². The van der Waals surface area contributed by atoms with E-state index in [0.717, 1.165) is 19.3 Å². The van der Waals surface area contributed by atoms with E-state index in [-0.39, 0.29) is 5.75 Å². The lowest BCUT2D eigenvalue weighted by Gasteiger charge is -2.39. The van der Waals surface area contributed by atoms with Crippen molar-refractivity contribution in [3.63, 3.8) is 0 Å². The number of ether oxygens (including phenoxy) is 1. The normalized spacial score (nSPS) is 17.3. The van der Waals surface area contributed by atoms with E-state index in [4.69, 9.17) is 15.7 Å². The third kappa shape index (κ3) is 1.50. The Hall–Kier alpha value is -1.73. The maximum absolute atomic E-state index is 9.99. The Kier molecular flexibility index (Phi) is 2.49. The van der Waals surface area contributed by atoms with Gasteiger partial charge in [0.1, 0.15) is 0 Å². The smallest absolute Gasteiger partial charge is 0.162 e. The van der Waals surface area contributed by atoms with E-state index < -0.39 is 5.54 Å². The Morgan fingerprint density at radius 1 is 1.50 bits per heavy atom. The fourth-order valence-corrected chi connectivity index (χ4v) is 2.03. The third-order valence-electron chi connectivity index (χ3n) is 3.21. The van der Waals surface area contributed by atoms with E-state index in [2.05, 4.69) is 0 Å². The predicted molar refractivity (Wildman–Crippen MR) is 59.1 cm³/mol. The highest BCUT2D eigenvalue weighted by molar-refractivity contribution is 5.54. The molecule has 1 saturated carbocycles. The van der Waals surface area contributed by atoms with Crippen LogP contribution in [0.15, 0.2) is 12.1 Å². The number of nitrogens with two attached hydrogens (primary N) is 1. The highest BCUT2D eigenvalue weighted by Crippen LogP contribution is 2.45. The van der Waals surface area contributed by atoms with Crippen LogP contribution in [0.3, 0.4) is 0 Å². The number of nitrogens with zero attached hydrogens (tertiary/aromatic N) is 1. The molecule has 0 heterocycles. The molecule has 3 N–H and O–H groups in total. The number of methoxy groups -OCH3 is 1. The van der Waals surface area contributed by atoms with Crippen LogP contribution in [-0.4, -0.2) is 12.2 Å². The lowest BCUT2D eigenvalue weighted by Crippen LogP contribution is -2.43. The molecule has 1 aromatic carbocycles. The Bertz CT molecular complexity index is 459. The molecule has 0 unspecified atom stereocenters. The number of phenolic OH excluding ortho intramolecular Hbond substituents is 1. The molecule has 1 aromatic rings. The third-order valence-corrected chi connectivity index (χ3v) is 3.21. The quantitative estimate of drug-likeness (QED) is 0.790. The van der Waals surface area contributed by atoms with Crippen molar-refractivity contribution in [2.45, 2.75) is 24.8 Å². The topological polar surface area (TPSA) is 79.3 Å². The van der Waals surface area contributed by atoms with Crippen LogP contribution >= 0.6 is 0 Å². The summed E-state index contributed by atoms with van der Waals surface area (Å²) < 4.78 is 5.04. The van der Waals surface area contributed by atoms with Crippen LogP contribution in [-0.2, 0) is 5.54 Å². The van der Waals surface area contributed by atoms with Crippen molar-refractivity contribution < 1.29 is 9.84 Å². The summed E-state index contributed by atoms with van der Waals surface area (Å²) in [6, 6.07) is 5.21. The largest absolute Gasteiger partial charge is 0.504 e. The van der Waals surface area contributed by atoms with E-state index in [1.165, 1.54) is 13.2 Å². The molecule has 0 atom stereocenters. The first kappa shape index (κ1) is 10.8. The summed E-state index contributed by atoms with van der Waals surface area (Å²) in [7, 11) is 1.46. The maximum atomic E-state index is 9.99. The Morgan fingerprint density at radius 3 is 2.62 bits per heavy atom. The average molecular weight is 218 g/mol. The molecular weight excluding hydrogens is 204 g/mol. The first-order valence-corrected chi connectivity index (χ1v) is 5.21. The first-order valence-electron chi connectivity index (χ1n) is 5.21. The summed E-state index contributed by atoms with van der Waals surface area (Å²) in [5, 5.41) is 18.9. The number of hydrogen-bond donors (Lipinski definition) is 2. The van der Waals surface area contributed by atoms with E-state index in [1.54, 1.807) is 6.07 Å². The number of nitriles is 1. The molecular formula is C12H14N2O2. The lowest BCUT2D eigenvalue weighted by molar-refractivity contribution is 0.242. The van der Waals surface area contributed by atoms with E-state index in [0.29, 0.717) is 16.9 Å². The molecule has 0 saturated heterocycles. The summed E-state index contributed by atoms with van der Waals surface area (Å²) in [5.74, 6) is 0.370. The van der Waals surface area contributed by atoms with Crippen LogP contribution in [0.4, 0.5) is 0 Å². The van der Waals surface area contributed by atoms with Gasteiger partial charge in [-0.05, 0) is 25.3 Å². The highest BCUT2D eigenvalue weighted by Gasteiger charge is 2.37. The molecule has 1 aliphatic carbocycles. The predicted octanol–water partition coefficient (Wildman–Crippen LogP) is 1.61. The molecule has 0 amide bonds. The van der Waals surface area contributed by atoms with Crippen LogP contribution in [0.25, 0.3) is 0 Å². The van der Waals surface area contributed by atoms with Crippen molar-refractivity contribution in [1.29, 1.82) is 5.26 Å². The zero-order chi connectivity index (χ0) is 11.8. The second kappa shape index (κ2) is 3.69. The molecule has 16 heavy (non-hydrogen) atoms. The molecule has 4 heteroatoms. The van der Waals surface area contributed by atoms with Gasteiger partial charge in [-0.25, -0.2) is 0 Å². The molecule has 0 radical (unpaired) electrons. The fraction of sp³-hybridized carbons (Fsp3) is 0.417. The average Bonchev–Trinajstić information content (AvgIpc) is 2.26. The summed E-state index contributed by atoms with van der Waals surface area (Å²) >= 11 is 0. The standard InChI is InChI=1S/C12H14N2O2/c1-16-10-6-8(7-13)5-9(11(10)15)12(14)3-2-4-12/h5-6,15H,2-4,14H2,1H3. The van der Waals surface area contributed by atoms with Crippen molar-refractivity contribution in [2.24, 2.45) is 5.73 Å². The van der Waals surface area contributed by atoms with Gasteiger partial charge in [-0.15, -0.1) is 0 Å². The van der Waals surface area contributed by atoms with Crippen LogP contribution in [0.5, 0.6) is 11.5 Å². The number of phenols is 1. The van der Waals surface area contributed by atoms with Crippen LogP contribution < -0.4 is 10.5 Å². The zero-order valence-electron chi connectivity index (χ0n) is 9.16. The van der Waals surface area contributed by atoms with Gasteiger partial charge in [-0.1, -0.05) is 0 Å². The summed E-state index contributed by atoms with van der Waals surface area (Å²) in [5.41, 5.74) is 6.73. The van der Waals surface area contributed by atoms with Crippen molar-refractivity contribution in [3.05, 3.63) is 23.3 Å². The van der Waals surface area contributed by atoms with Crippen molar-refractivity contribution in [3.8, 4) is 17.6 Å². The molecule has 0 aliphatic heterocycles. The van der Waals surface area contributed by atoms with E-state index in [1.807, 2.05) is 6.07 Å². The maximum Gasteiger partial charge on any atom is 0.162 e. The van der Waals surface area contributed by atoms with Gasteiger partial charge in [0.05, 0.1) is 18.7 Å². The summed E-state index contributed by atoms with van der Waals surface area (Å²) in [4.78, 5) is 0. The van der Waals surface area contributed by atoms with Gasteiger partial charge >= 0.3 is 0 Å². The molecule has 0 bridgehead atoms. The van der Waals surface area contributed by atoms with E-state index in [9.17, 15) is 5.11 Å². The Morgan fingerprint density at radius 2 is 2.19 bits per heavy atom. The minimum absolute atomic E-state index is 0.0590. The highest BCUT2D eigenvalue weighted by atomic mass is 16.5. The van der Waals surface area contributed by atoms with Gasteiger partial charge in [0.15, 0.2) is 11.5 Å². The lowest BCUT2D eigenvalue weighted by atomic mass is 9.72. The Labute approximate surface area is 94.3 Å². The Balaban J connectivity index is 2.55. The second-order valence-corrected chi connectivity index (χ2v) is 4.20. The van der Waals surface area contributed by atoms with Crippen molar-refractivity contribution in [2.75, 3.05) is 7.11 Å². The first-order chi connectivity index (χ1) is 7.60. The molecule has 0 spiro atoms. The number of aromatic hydroxyl groups is 1. The second-order valence-electron chi connectivity index (χ2n) is 4.20. The zero-order valence-corrected chi connectivity index (χ0v) is 9.16. The van der Waals surface area contributed by atoms with Gasteiger partial charge in [-0.3, -0.25) is 0 Å². The van der Waals surface area contributed by atoms with Crippen LogP contribution in [0.2, 0.25) is 0 Å². The summed E-state index contributed by atoms with van der Waals surface area (Å²) in [6.45, 7) is 0.